The van der Waals surface area contributed by atoms with Gasteiger partial charge in [-0.05, 0) is 14.1 Å². The molecule has 98 valence electrons. The molecule has 0 aromatic rings. The van der Waals surface area contributed by atoms with Crippen LogP contribution in [0.5, 0.6) is 0 Å². The van der Waals surface area contributed by atoms with Crippen LogP contribution < -0.4 is 0 Å². The van der Waals surface area contributed by atoms with Crippen molar-refractivity contribution < 1.29 is 19.4 Å². The summed E-state index contributed by atoms with van der Waals surface area (Å²) in [4.78, 5) is 26.3. The van der Waals surface area contributed by atoms with Crippen LogP contribution in [0.1, 0.15) is 6.42 Å². The minimum atomic E-state index is -0.903. The second-order valence-electron chi connectivity index (χ2n) is 4.61. The molecule has 0 spiro atoms. The molecule has 1 fully saturated rings. The number of ether oxygens (including phenoxy) is 1. The van der Waals surface area contributed by atoms with Crippen molar-refractivity contribution >= 4 is 11.9 Å². The highest BCUT2D eigenvalue weighted by Crippen LogP contribution is 2.19. The zero-order chi connectivity index (χ0) is 13.0. The molecule has 0 aromatic carbocycles. The molecule has 1 aliphatic rings. The van der Waals surface area contributed by atoms with Gasteiger partial charge in [0.2, 0.25) is 5.91 Å². The molecule has 0 bridgehead atoms. The molecule has 2 atom stereocenters. The Hall–Kier alpha value is -1.14. The first-order chi connectivity index (χ1) is 7.93. The van der Waals surface area contributed by atoms with Gasteiger partial charge in [-0.15, -0.1) is 0 Å². The highest BCUT2D eigenvalue weighted by Gasteiger charge is 2.38. The zero-order valence-electron chi connectivity index (χ0n) is 10.5. The number of carbonyl (C=O) groups excluding carboxylic acids is 1. The van der Waals surface area contributed by atoms with Crippen molar-refractivity contribution in [1.82, 2.24) is 9.80 Å². The van der Waals surface area contributed by atoms with Crippen molar-refractivity contribution in [2.24, 2.45) is 5.92 Å². The van der Waals surface area contributed by atoms with Crippen molar-refractivity contribution in [2.75, 3.05) is 40.9 Å². The maximum absolute atomic E-state index is 11.9. The van der Waals surface area contributed by atoms with Gasteiger partial charge in [0.05, 0.1) is 19.3 Å². The van der Waals surface area contributed by atoms with E-state index in [9.17, 15) is 9.59 Å². The van der Waals surface area contributed by atoms with Gasteiger partial charge >= 0.3 is 5.97 Å². The third kappa shape index (κ3) is 3.67. The Bertz CT molecular complexity index is 293. The molecule has 0 radical (unpaired) electrons. The number of carboxylic acid groups (broad SMARTS) is 1. The van der Waals surface area contributed by atoms with E-state index in [1.165, 1.54) is 4.90 Å². The Morgan fingerprint density at radius 2 is 1.94 bits per heavy atom. The molecule has 1 rings (SSSR count). The quantitative estimate of drug-likeness (QED) is 0.706. The zero-order valence-corrected chi connectivity index (χ0v) is 10.5. The lowest BCUT2D eigenvalue weighted by molar-refractivity contribution is -0.144. The molecule has 1 amide bonds. The summed E-state index contributed by atoms with van der Waals surface area (Å²) >= 11 is 0. The van der Waals surface area contributed by atoms with Gasteiger partial charge in [0, 0.05) is 20.0 Å². The lowest BCUT2D eigenvalue weighted by atomic mass is 10.0. The third-order valence-electron chi connectivity index (χ3n) is 3.03. The fourth-order valence-electron chi connectivity index (χ4n) is 1.84. The van der Waals surface area contributed by atoms with Crippen LogP contribution in [0, 0.1) is 5.92 Å². The molecule has 1 heterocycles. The van der Waals surface area contributed by atoms with Crippen LogP contribution in [-0.2, 0) is 14.3 Å². The lowest BCUT2D eigenvalue weighted by Crippen LogP contribution is -2.44. The number of hydrogen-bond acceptors (Lipinski definition) is 4. The van der Waals surface area contributed by atoms with Crippen LogP contribution in [0.15, 0.2) is 0 Å². The minimum Gasteiger partial charge on any atom is -0.481 e. The number of aliphatic carboxylic acids is 1. The van der Waals surface area contributed by atoms with Crippen molar-refractivity contribution in [3.05, 3.63) is 0 Å². The van der Waals surface area contributed by atoms with Gasteiger partial charge in [-0.2, -0.15) is 0 Å². The maximum atomic E-state index is 11.9. The van der Waals surface area contributed by atoms with Gasteiger partial charge in [-0.1, -0.05) is 0 Å². The second kappa shape index (κ2) is 5.97. The van der Waals surface area contributed by atoms with Gasteiger partial charge in [0.25, 0.3) is 0 Å². The summed E-state index contributed by atoms with van der Waals surface area (Å²) in [7, 11) is 5.44. The normalized spacial score (nSPS) is 24.0. The predicted octanol–water partition coefficient (Wildman–Crippen LogP) is -0.504. The summed E-state index contributed by atoms with van der Waals surface area (Å²) in [5, 5.41) is 9.01. The molecular formula is C11H20N2O4. The average Bonchev–Trinajstić information content (AvgIpc) is 2.73. The number of carbonyl (C=O) groups is 2. The second-order valence-corrected chi connectivity index (χ2v) is 4.61. The van der Waals surface area contributed by atoms with Crippen molar-refractivity contribution in [3.63, 3.8) is 0 Å². The van der Waals surface area contributed by atoms with E-state index in [4.69, 9.17) is 9.84 Å². The van der Waals surface area contributed by atoms with Gasteiger partial charge in [-0.25, -0.2) is 0 Å². The van der Waals surface area contributed by atoms with E-state index in [1.807, 2.05) is 19.0 Å². The molecule has 1 N–H and O–H groups in total. The van der Waals surface area contributed by atoms with E-state index in [0.717, 1.165) is 0 Å². The molecule has 17 heavy (non-hydrogen) atoms. The fraction of sp³-hybridized carbons (Fsp3) is 0.818. The highest BCUT2D eigenvalue weighted by atomic mass is 16.5. The molecule has 6 nitrogen and oxygen atoms in total. The first kappa shape index (κ1) is 13.9. The van der Waals surface area contributed by atoms with Crippen LogP contribution in [0.4, 0.5) is 0 Å². The lowest BCUT2D eigenvalue weighted by Gasteiger charge is -2.26. The Morgan fingerprint density at radius 3 is 2.47 bits per heavy atom. The van der Waals surface area contributed by atoms with Crippen LogP contribution in [0.2, 0.25) is 0 Å². The number of amides is 1. The molecule has 0 saturated carbocycles. The molecular weight excluding hydrogens is 224 g/mol. The summed E-state index contributed by atoms with van der Waals surface area (Å²) in [5.74, 6) is -1.55. The van der Waals surface area contributed by atoms with Crippen LogP contribution in [0.3, 0.4) is 0 Å². The van der Waals surface area contributed by atoms with E-state index in [1.54, 1.807) is 7.05 Å². The number of likely N-dealkylation sites (N-methyl/N-ethyl adjacent to an activating group) is 1. The van der Waals surface area contributed by atoms with Gasteiger partial charge in [0.15, 0.2) is 0 Å². The van der Waals surface area contributed by atoms with E-state index >= 15 is 0 Å². The molecule has 0 aliphatic carbocycles. The standard InChI is InChI=1S/C11H20N2O4/c1-12(2)5-4-10(14)13(3)9-7-17-6-8(9)11(15)16/h8-9H,4-7H2,1-3H3,(H,15,16). The van der Waals surface area contributed by atoms with Crippen molar-refractivity contribution in [3.8, 4) is 0 Å². The van der Waals surface area contributed by atoms with E-state index in [0.29, 0.717) is 19.6 Å². The topological polar surface area (TPSA) is 70.1 Å². The van der Waals surface area contributed by atoms with E-state index < -0.39 is 11.9 Å². The first-order valence-corrected chi connectivity index (χ1v) is 5.64. The number of carboxylic acids is 1. The van der Waals surface area contributed by atoms with Gasteiger partial charge in [-0.3, -0.25) is 9.59 Å². The van der Waals surface area contributed by atoms with Crippen LogP contribution in [-0.4, -0.2) is 73.7 Å². The molecule has 6 heteroatoms. The molecule has 1 saturated heterocycles. The number of nitrogens with zero attached hydrogens (tertiary/aromatic N) is 2. The summed E-state index contributed by atoms with van der Waals surface area (Å²) in [6, 6.07) is -0.345. The first-order valence-electron chi connectivity index (χ1n) is 5.64. The Balaban J connectivity index is 2.53. The van der Waals surface area contributed by atoms with Crippen LogP contribution in [0.25, 0.3) is 0 Å². The summed E-state index contributed by atoms with van der Waals surface area (Å²) in [6.45, 7) is 1.15. The smallest absolute Gasteiger partial charge is 0.311 e. The monoisotopic (exact) mass is 244 g/mol. The van der Waals surface area contributed by atoms with Gasteiger partial charge < -0.3 is 19.6 Å². The summed E-state index contributed by atoms with van der Waals surface area (Å²) < 4.78 is 5.14. The minimum absolute atomic E-state index is 0.0412. The number of hydrogen-bond donors (Lipinski definition) is 1. The van der Waals surface area contributed by atoms with Crippen LogP contribution >= 0.6 is 0 Å². The molecule has 2 unspecified atom stereocenters. The maximum Gasteiger partial charge on any atom is 0.311 e. The Morgan fingerprint density at radius 1 is 1.29 bits per heavy atom. The predicted molar refractivity (Wildman–Crippen MR) is 61.7 cm³/mol. The Labute approximate surface area is 101 Å². The SMILES string of the molecule is CN(C)CCC(=O)N(C)C1COCC1C(=O)O. The van der Waals surface area contributed by atoms with E-state index in [2.05, 4.69) is 0 Å². The fourth-order valence-corrected chi connectivity index (χ4v) is 1.84. The molecule has 0 aromatic heterocycles. The highest BCUT2D eigenvalue weighted by molar-refractivity contribution is 5.78. The Kier molecular flexibility index (Phi) is 4.89. The van der Waals surface area contributed by atoms with Crippen molar-refractivity contribution in [2.45, 2.75) is 12.5 Å². The summed E-state index contributed by atoms with van der Waals surface area (Å²) in [6.07, 6.45) is 0.395. The van der Waals surface area contributed by atoms with E-state index in [-0.39, 0.29) is 18.6 Å². The largest absolute Gasteiger partial charge is 0.481 e. The number of rotatable bonds is 5. The van der Waals surface area contributed by atoms with Crippen molar-refractivity contribution in [1.29, 1.82) is 0 Å². The third-order valence-corrected chi connectivity index (χ3v) is 3.03. The summed E-state index contributed by atoms with van der Waals surface area (Å²) in [5.41, 5.74) is 0. The molecule has 1 aliphatic heterocycles. The average molecular weight is 244 g/mol. The van der Waals surface area contributed by atoms with Gasteiger partial charge in [0.1, 0.15) is 5.92 Å².